The summed E-state index contributed by atoms with van der Waals surface area (Å²) in [7, 11) is -3.78. The molecule has 0 radical (unpaired) electrons. The number of halogens is 1. The van der Waals surface area contributed by atoms with Crippen LogP contribution in [0.25, 0.3) is 0 Å². The summed E-state index contributed by atoms with van der Waals surface area (Å²) in [5.74, 6) is -0.729. The molecule has 4 rings (SSSR count). The van der Waals surface area contributed by atoms with E-state index in [0.29, 0.717) is 25.2 Å². The number of amides is 1. The zero-order valence-electron chi connectivity index (χ0n) is 16.3. The van der Waals surface area contributed by atoms with E-state index >= 15 is 0 Å². The Morgan fingerprint density at radius 2 is 1.97 bits per heavy atom. The second-order valence-electron chi connectivity index (χ2n) is 7.30. The molecule has 1 amide bonds. The fourth-order valence-electron chi connectivity index (χ4n) is 3.43. The third-order valence-corrected chi connectivity index (χ3v) is 6.52. The second kappa shape index (κ2) is 8.00. The average Bonchev–Trinajstić information content (AvgIpc) is 3.27. The summed E-state index contributed by atoms with van der Waals surface area (Å²) in [6.45, 7) is 2.24. The summed E-state index contributed by atoms with van der Waals surface area (Å²) >= 11 is 0. The molecule has 30 heavy (non-hydrogen) atoms. The van der Waals surface area contributed by atoms with Crippen molar-refractivity contribution in [2.24, 2.45) is 0 Å². The summed E-state index contributed by atoms with van der Waals surface area (Å²) in [4.78, 5) is 12.4. The van der Waals surface area contributed by atoms with Crippen molar-refractivity contribution < 1.29 is 17.6 Å². The van der Waals surface area contributed by atoms with Crippen LogP contribution in [0.2, 0.25) is 0 Å². The normalized spacial score (nSPS) is 15.7. The Bertz CT molecular complexity index is 1170. The minimum atomic E-state index is -3.78. The Morgan fingerprint density at radius 1 is 1.20 bits per heavy atom. The highest BCUT2D eigenvalue weighted by Gasteiger charge is 2.29. The molecule has 1 aliphatic rings. The Kier molecular flexibility index (Phi) is 5.40. The number of aromatic nitrogens is 2. The molecule has 9 heteroatoms. The van der Waals surface area contributed by atoms with Gasteiger partial charge in [0.05, 0.1) is 11.4 Å². The molecule has 2 heterocycles. The van der Waals surface area contributed by atoms with Crippen LogP contribution in [-0.4, -0.2) is 30.1 Å². The Labute approximate surface area is 174 Å². The van der Waals surface area contributed by atoms with Crippen molar-refractivity contribution in [2.75, 3.05) is 0 Å². The molecule has 2 N–H and O–H groups in total. The van der Waals surface area contributed by atoms with E-state index < -0.39 is 15.8 Å². The van der Waals surface area contributed by atoms with Gasteiger partial charge in [0.25, 0.3) is 5.91 Å². The molecule has 1 aromatic heterocycles. The Morgan fingerprint density at radius 3 is 2.67 bits per heavy atom. The van der Waals surface area contributed by atoms with Crippen LogP contribution in [0.4, 0.5) is 4.39 Å². The summed E-state index contributed by atoms with van der Waals surface area (Å²) < 4.78 is 42.9. The quantitative estimate of drug-likeness (QED) is 0.629. The number of rotatable bonds is 6. The molecular formula is C21H21FN4O3S. The zero-order valence-corrected chi connectivity index (χ0v) is 17.1. The maximum absolute atomic E-state index is 13.4. The van der Waals surface area contributed by atoms with Gasteiger partial charge in [-0.25, -0.2) is 17.5 Å². The predicted octanol–water partition coefficient (Wildman–Crippen LogP) is 2.16. The smallest absolute Gasteiger partial charge is 0.272 e. The number of nitrogens with one attached hydrogen (secondary N) is 2. The molecule has 0 bridgehead atoms. The fourth-order valence-corrected chi connectivity index (χ4v) is 4.75. The molecule has 1 unspecified atom stereocenters. The average molecular weight is 428 g/mol. The summed E-state index contributed by atoms with van der Waals surface area (Å²) in [5, 5.41) is 7.13. The van der Waals surface area contributed by atoms with Crippen LogP contribution < -0.4 is 10.0 Å². The molecule has 7 nitrogen and oxygen atoms in total. The minimum Gasteiger partial charge on any atom is -0.347 e. The lowest BCUT2D eigenvalue weighted by molar-refractivity contribution is 0.0945. The molecule has 0 fully saturated rings. The fraction of sp³-hybridized carbons (Fsp3) is 0.238. The summed E-state index contributed by atoms with van der Waals surface area (Å²) in [6, 6.07) is 14.5. The molecule has 1 aliphatic heterocycles. The highest BCUT2D eigenvalue weighted by molar-refractivity contribution is 7.89. The Hall–Kier alpha value is -3.04. The monoisotopic (exact) mass is 428 g/mol. The topological polar surface area (TPSA) is 93.1 Å². The molecule has 0 spiro atoms. The van der Waals surface area contributed by atoms with Crippen molar-refractivity contribution in [3.63, 3.8) is 0 Å². The van der Waals surface area contributed by atoms with Gasteiger partial charge in [-0.3, -0.25) is 9.48 Å². The molecular weight excluding hydrogens is 407 g/mol. The maximum Gasteiger partial charge on any atom is 0.272 e. The van der Waals surface area contributed by atoms with E-state index in [2.05, 4.69) is 15.1 Å². The van der Waals surface area contributed by atoms with Gasteiger partial charge in [0.15, 0.2) is 0 Å². The number of hydrogen-bond acceptors (Lipinski definition) is 4. The minimum absolute atomic E-state index is 0.0203. The lowest BCUT2D eigenvalue weighted by Gasteiger charge is -2.13. The van der Waals surface area contributed by atoms with Gasteiger partial charge in [-0.1, -0.05) is 30.3 Å². The largest absolute Gasteiger partial charge is 0.347 e. The standard InChI is InChI=1S/C21H21FN4O3S/c1-14-9-18(7-8-19(14)22)30(28,29)25-16-10-17-11-20(24-26(17)13-16)21(27)23-12-15-5-3-2-4-6-15/h2-9,11,16,25H,10,12-13H2,1H3,(H,23,27). The van der Waals surface area contributed by atoms with E-state index in [1.807, 2.05) is 30.3 Å². The highest BCUT2D eigenvalue weighted by atomic mass is 32.2. The first-order chi connectivity index (χ1) is 14.3. The third-order valence-electron chi connectivity index (χ3n) is 5.00. The van der Waals surface area contributed by atoms with Crippen molar-refractivity contribution in [1.82, 2.24) is 19.8 Å². The maximum atomic E-state index is 13.4. The van der Waals surface area contributed by atoms with Crippen LogP contribution in [0, 0.1) is 12.7 Å². The zero-order chi connectivity index (χ0) is 21.3. The molecule has 2 aromatic carbocycles. The molecule has 156 valence electrons. The summed E-state index contributed by atoms with van der Waals surface area (Å²) in [5.41, 5.74) is 2.34. The van der Waals surface area contributed by atoms with E-state index in [4.69, 9.17) is 0 Å². The van der Waals surface area contributed by atoms with Gasteiger partial charge in [0.2, 0.25) is 10.0 Å². The summed E-state index contributed by atoms with van der Waals surface area (Å²) in [6.07, 6.45) is 0.415. The van der Waals surface area contributed by atoms with Crippen molar-refractivity contribution in [3.05, 3.63) is 82.9 Å². The van der Waals surface area contributed by atoms with Crippen LogP contribution >= 0.6 is 0 Å². The van der Waals surface area contributed by atoms with E-state index in [9.17, 15) is 17.6 Å². The number of carbonyl (C=O) groups excluding carboxylic acids is 1. The Balaban J connectivity index is 1.38. The predicted molar refractivity (Wildman–Crippen MR) is 109 cm³/mol. The van der Waals surface area contributed by atoms with E-state index in [-0.39, 0.29) is 22.4 Å². The van der Waals surface area contributed by atoms with Crippen molar-refractivity contribution >= 4 is 15.9 Å². The van der Waals surface area contributed by atoms with Crippen LogP contribution in [0.1, 0.15) is 27.3 Å². The number of benzene rings is 2. The molecule has 3 aromatic rings. The second-order valence-corrected chi connectivity index (χ2v) is 9.02. The first-order valence-corrected chi connectivity index (χ1v) is 11.0. The first kappa shape index (κ1) is 20.2. The van der Waals surface area contributed by atoms with Gasteiger partial charge in [-0.2, -0.15) is 5.10 Å². The lowest BCUT2D eigenvalue weighted by Crippen LogP contribution is -2.36. The van der Waals surface area contributed by atoms with Crippen molar-refractivity contribution in [1.29, 1.82) is 0 Å². The number of carbonyl (C=O) groups is 1. The first-order valence-electron chi connectivity index (χ1n) is 9.49. The van der Waals surface area contributed by atoms with E-state index in [0.717, 1.165) is 17.3 Å². The SMILES string of the molecule is Cc1cc(S(=O)(=O)NC2Cc3cc(C(=O)NCc4ccccc4)nn3C2)ccc1F. The van der Waals surface area contributed by atoms with Gasteiger partial charge in [0.1, 0.15) is 11.5 Å². The van der Waals surface area contributed by atoms with E-state index in [1.54, 1.807) is 10.7 Å². The molecule has 0 aliphatic carbocycles. The van der Waals surface area contributed by atoms with Crippen LogP contribution in [0.3, 0.4) is 0 Å². The lowest BCUT2D eigenvalue weighted by atomic mass is 10.2. The number of fused-ring (bicyclic) bond motifs is 1. The molecule has 0 saturated carbocycles. The van der Waals surface area contributed by atoms with Gasteiger partial charge >= 0.3 is 0 Å². The number of aryl methyl sites for hydroxylation is 1. The van der Waals surface area contributed by atoms with Crippen molar-refractivity contribution in [3.8, 4) is 0 Å². The number of sulfonamides is 1. The van der Waals surface area contributed by atoms with E-state index in [1.165, 1.54) is 19.1 Å². The van der Waals surface area contributed by atoms with Gasteiger partial charge in [-0.05, 0) is 42.3 Å². The molecule has 1 atom stereocenters. The van der Waals surface area contributed by atoms with Gasteiger partial charge in [0, 0.05) is 24.7 Å². The van der Waals surface area contributed by atoms with Crippen molar-refractivity contribution in [2.45, 2.75) is 37.4 Å². The number of nitrogens with zero attached hydrogens (tertiary/aromatic N) is 2. The van der Waals surface area contributed by atoms with Crippen LogP contribution in [0.5, 0.6) is 0 Å². The van der Waals surface area contributed by atoms with Gasteiger partial charge < -0.3 is 5.32 Å². The third kappa shape index (κ3) is 4.27. The van der Waals surface area contributed by atoms with Crippen LogP contribution in [-0.2, 0) is 29.5 Å². The molecule has 0 saturated heterocycles. The van der Waals surface area contributed by atoms with Gasteiger partial charge in [-0.15, -0.1) is 0 Å². The highest BCUT2D eigenvalue weighted by Crippen LogP contribution is 2.20. The van der Waals surface area contributed by atoms with Crippen LogP contribution in [0.15, 0.2) is 59.5 Å². The number of hydrogen-bond donors (Lipinski definition) is 2.